The second-order valence-corrected chi connectivity index (χ2v) is 8.76. The van der Waals surface area contributed by atoms with E-state index in [1.165, 1.54) is 44.2 Å². The molecule has 0 atom stereocenters. The molecule has 2 rings (SSSR count). The fraction of sp³-hybridized carbons (Fsp3) is 0.478. The topological polar surface area (TPSA) is 86.7 Å². The van der Waals surface area contributed by atoms with E-state index in [0.29, 0.717) is 18.6 Å². The first-order valence-corrected chi connectivity index (χ1v) is 11.9. The summed E-state index contributed by atoms with van der Waals surface area (Å²) in [6.45, 7) is 2.20. The van der Waals surface area contributed by atoms with Crippen LogP contribution in [0.2, 0.25) is 0 Å². The Balaban J connectivity index is 0.00000450. The van der Waals surface area contributed by atoms with Crippen LogP contribution in [0.3, 0.4) is 0 Å². The van der Waals surface area contributed by atoms with Crippen molar-refractivity contribution < 1.29 is 52.4 Å². The van der Waals surface area contributed by atoms with E-state index in [-0.39, 0.29) is 45.8 Å². The molecule has 0 bridgehead atoms. The van der Waals surface area contributed by atoms with E-state index in [9.17, 15) is 18.1 Å². The van der Waals surface area contributed by atoms with Gasteiger partial charge < -0.3 is 9.84 Å². The Morgan fingerprint density at radius 3 is 2.00 bits per heavy atom. The Morgan fingerprint density at radius 1 is 0.867 bits per heavy atom. The molecule has 0 aliphatic carbocycles. The van der Waals surface area contributed by atoms with E-state index in [1.54, 1.807) is 24.3 Å². The molecule has 0 aromatic heterocycles. The van der Waals surface area contributed by atoms with Gasteiger partial charge in [-0.25, -0.2) is 0 Å². The Hall–Kier alpha value is -1.05. The zero-order valence-corrected chi connectivity index (χ0v) is 20.9. The molecule has 5 nitrogen and oxygen atoms in total. The summed E-state index contributed by atoms with van der Waals surface area (Å²) >= 11 is 0. The summed E-state index contributed by atoms with van der Waals surface area (Å²) in [4.78, 5) is -0.351. The summed E-state index contributed by atoms with van der Waals surface area (Å²) in [6.07, 6.45) is 10.5. The van der Waals surface area contributed by atoms with Gasteiger partial charge in [0.15, 0.2) is 0 Å². The molecule has 0 heterocycles. The van der Waals surface area contributed by atoms with Crippen LogP contribution in [-0.4, -0.2) is 13.0 Å². The molecule has 0 saturated heterocycles. The number of ether oxygens (including phenoxy) is 1. The van der Waals surface area contributed by atoms with Crippen LogP contribution in [0.5, 0.6) is 17.2 Å². The predicted octanol–water partition coefficient (Wildman–Crippen LogP) is 2.88. The number of hydrogen-bond acceptors (Lipinski definition) is 4. The third kappa shape index (κ3) is 9.40. The van der Waals surface area contributed by atoms with E-state index in [2.05, 4.69) is 6.92 Å². The first-order valence-electron chi connectivity index (χ1n) is 10.5. The van der Waals surface area contributed by atoms with Crippen LogP contribution in [0.15, 0.2) is 47.4 Å². The van der Waals surface area contributed by atoms with Crippen molar-refractivity contribution in [2.45, 2.75) is 76.0 Å². The predicted molar refractivity (Wildman–Crippen MR) is 113 cm³/mol. The normalized spacial score (nSPS) is 11.1. The monoisotopic (exact) mass is 442 g/mol. The van der Waals surface area contributed by atoms with Crippen LogP contribution in [0.25, 0.3) is 0 Å². The van der Waals surface area contributed by atoms with Crippen molar-refractivity contribution in [3.63, 3.8) is 0 Å². The standard InChI is InChI=1S/C23H32O5S.Na/c1-2-3-4-5-6-7-8-9-13-16-21-22(24)17-20(18-23(21)29(25,26)27)28-19-14-11-10-12-15-19;/h10-12,14-15,17-18,24H,2-9,13,16H2,1H3,(H,25,26,27);/q;+1/p-1. The average molecular weight is 443 g/mol. The molecule has 2 aromatic carbocycles. The fourth-order valence-electron chi connectivity index (χ4n) is 3.37. The molecule has 30 heavy (non-hydrogen) atoms. The number of unbranched alkanes of at least 4 members (excludes halogenated alkanes) is 8. The molecule has 160 valence electrons. The summed E-state index contributed by atoms with van der Waals surface area (Å²) in [5.41, 5.74) is 0.135. The summed E-state index contributed by atoms with van der Waals surface area (Å²) in [6, 6.07) is 11.3. The first-order chi connectivity index (χ1) is 13.9. The van der Waals surface area contributed by atoms with Crippen LogP contribution < -0.4 is 39.4 Å². The number of para-hydroxylation sites is 1. The number of hydrogen-bond donors (Lipinski definition) is 1. The van der Waals surface area contributed by atoms with Crippen LogP contribution in [-0.2, 0) is 16.5 Å². The van der Waals surface area contributed by atoms with E-state index < -0.39 is 15.9 Å². The van der Waals surface area contributed by atoms with Gasteiger partial charge in [-0.05, 0) is 36.6 Å². The zero-order valence-electron chi connectivity index (χ0n) is 18.1. The van der Waals surface area contributed by atoms with Crippen LogP contribution in [0.4, 0.5) is 0 Å². The van der Waals surface area contributed by atoms with Crippen LogP contribution in [0, 0.1) is 0 Å². The Kier molecular flexibility index (Phi) is 12.7. The molecule has 0 fully saturated rings. The molecule has 0 amide bonds. The number of benzene rings is 2. The Labute approximate surface area is 202 Å². The van der Waals surface area contributed by atoms with Gasteiger partial charge in [0.2, 0.25) is 0 Å². The van der Waals surface area contributed by atoms with E-state index >= 15 is 0 Å². The van der Waals surface area contributed by atoms with Gasteiger partial charge in [0, 0.05) is 6.07 Å². The number of rotatable bonds is 13. The van der Waals surface area contributed by atoms with Gasteiger partial charge in [0.1, 0.15) is 16.4 Å². The minimum Gasteiger partial charge on any atom is -0.872 e. The molecule has 0 radical (unpaired) electrons. The van der Waals surface area contributed by atoms with Gasteiger partial charge in [-0.15, -0.1) is 5.75 Å². The maximum atomic E-state index is 12.5. The minimum absolute atomic E-state index is 0. The third-order valence-corrected chi connectivity index (χ3v) is 5.85. The molecular weight excluding hydrogens is 411 g/mol. The zero-order chi connectivity index (χ0) is 21.1. The second-order valence-electron chi connectivity index (χ2n) is 7.37. The van der Waals surface area contributed by atoms with Crippen molar-refractivity contribution in [2.75, 3.05) is 0 Å². The molecule has 7 heteroatoms. The smallest absolute Gasteiger partial charge is 0.872 e. The molecule has 1 N–H and O–H groups in total. The summed E-state index contributed by atoms with van der Waals surface area (Å²) in [7, 11) is -4.51. The van der Waals surface area contributed by atoms with Crippen molar-refractivity contribution in [2.24, 2.45) is 0 Å². The molecule has 0 spiro atoms. The van der Waals surface area contributed by atoms with Crippen LogP contribution >= 0.6 is 0 Å². The maximum absolute atomic E-state index is 12.5. The average Bonchev–Trinajstić information content (AvgIpc) is 2.68. The van der Waals surface area contributed by atoms with Gasteiger partial charge in [-0.3, -0.25) is 4.55 Å². The second kappa shape index (κ2) is 14.1. The van der Waals surface area contributed by atoms with Crippen molar-refractivity contribution in [1.29, 1.82) is 0 Å². The van der Waals surface area contributed by atoms with Gasteiger partial charge in [-0.2, -0.15) is 8.42 Å². The summed E-state index contributed by atoms with van der Waals surface area (Å²) < 4.78 is 38.8. The van der Waals surface area contributed by atoms with Crippen molar-refractivity contribution in [3.05, 3.63) is 48.0 Å². The quantitative estimate of drug-likeness (QED) is 0.293. The van der Waals surface area contributed by atoms with Gasteiger partial charge >= 0.3 is 29.6 Å². The summed E-state index contributed by atoms with van der Waals surface area (Å²) in [5, 5.41) is 12.5. The first kappa shape index (κ1) is 27.0. The third-order valence-electron chi connectivity index (χ3n) is 4.93. The minimum atomic E-state index is -4.51. The molecule has 0 saturated carbocycles. The van der Waals surface area contributed by atoms with E-state index in [0.717, 1.165) is 19.3 Å². The van der Waals surface area contributed by atoms with Gasteiger partial charge in [-0.1, -0.05) is 76.5 Å². The van der Waals surface area contributed by atoms with E-state index in [4.69, 9.17) is 4.74 Å². The van der Waals surface area contributed by atoms with E-state index in [1.807, 2.05) is 6.07 Å². The summed E-state index contributed by atoms with van der Waals surface area (Å²) in [5.74, 6) is 0.162. The van der Waals surface area contributed by atoms with Crippen LogP contribution in [0.1, 0.15) is 70.3 Å². The molecule has 0 unspecified atom stereocenters. The van der Waals surface area contributed by atoms with Gasteiger partial charge in [0.05, 0.1) is 0 Å². The SMILES string of the molecule is CCCCCCCCCCCc1c([O-])cc(Oc2ccccc2)cc1S(=O)(=O)O.[Na+]. The Bertz CT molecular complexity index is 853. The maximum Gasteiger partial charge on any atom is 1.00 e. The van der Waals surface area contributed by atoms with Crippen molar-refractivity contribution >= 4 is 10.1 Å². The van der Waals surface area contributed by atoms with Crippen molar-refractivity contribution in [1.82, 2.24) is 0 Å². The molecular formula is C23H31NaO5S. The Morgan fingerprint density at radius 2 is 1.43 bits per heavy atom. The largest absolute Gasteiger partial charge is 1.00 e. The van der Waals surface area contributed by atoms with Gasteiger partial charge in [0.25, 0.3) is 10.1 Å². The molecule has 0 aliphatic heterocycles. The molecule has 0 aliphatic rings. The van der Waals surface area contributed by atoms with Crippen molar-refractivity contribution in [3.8, 4) is 17.2 Å². The fourth-order valence-corrected chi connectivity index (χ4v) is 4.15. The molecule has 2 aromatic rings.